The van der Waals surface area contributed by atoms with Gasteiger partial charge in [0.15, 0.2) is 5.65 Å². The van der Waals surface area contributed by atoms with Crippen molar-refractivity contribution in [1.82, 2.24) is 14.6 Å². The molecule has 3 rings (SSSR count). The molecule has 0 aliphatic carbocycles. The van der Waals surface area contributed by atoms with Gasteiger partial charge in [-0.1, -0.05) is 0 Å². The van der Waals surface area contributed by atoms with E-state index >= 15 is 0 Å². The number of methoxy groups -OCH3 is 2. The molecule has 3 aromatic rings. The molecule has 1 aromatic carbocycles. The Kier molecular flexibility index (Phi) is 3.84. The molecular weight excluding hydrogens is 296 g/mol. The van der Waals surface area contributed by atoms with Gasteiger partial charge in [-0.3, -0.25) is 9.20 Å². The summed E-state index contributed by atoms with van der Waals surface area (Å²) in [7, 11) is 3.11. The molecule has 23 heavy (non-hydrogen) atoms. The molecule has 0 saturated heterocycles. The summed E-state index contributed by atoms with van der Waals surface area (Å²) in [6, 6.07) is 8.66. The molecule has 2 heterocycles. The van der Waals surface area contributed by atoms with Gasteiger partial charge >= 0.3 is 0 Å². The van der Waals surface area contributed by atoms with Crippen LogP contribution in [0.4, 0.5) is 5.69 Å². The van der Waals surface area contributed by atoms with Crippen LogP contribution >= 0.6 is 0 Å². The smallest absolute Gasteiger partial charge is 0.257 e. The summed E-state index contributed by atoms with van der Waals surface area (Å²) >= 11 is 0. The topological polar surface area (TPSA) is 77.8 Å². The van der Waals surface area contributed by atoms with Crippen molar-refractivity contribution in [3.8, 4) is 11.5 Å². The van der Waals surface area contributed by atoms with Crippen LogP contribution in [-0.4, -0.2) is 34.7 Å². The second-order valence-corrected chi connectivity index (χ2v) is 4.91. The van der Waals surface area contributed by atoms with Crippen LogP contribution in [0.3, 0.4) is 0 Å². The third-order valence-electron chi connectivity index (χ3n) is 3.49. The molecule has 7 nitrogen and oxygen atoms in total. The van der Waals surface area contributed by atoms with Crippen LogP contribution in [0.25, 0.3) is 5.65 Å². The van der Waals surface area contributed by atoms with Gasteiger partial charge in [0.05, 0.1) is 25.5 Å². The van der Waals surface area contributed by atoms with Gasteiger partial charge in [0.1, 0.15) is 17.3 Å². The minimum absolute atomic E-state index is 0.258. The number of fused-ring (bicyclic) bond motifs is 1. The molecule has 0 atom stereocenters. The number of carbonyl (C=O) groups is 1. The zero-order valence-corrected chi connectivity index (χ0v) is 13.0. The average molecular weight is 312 g/mol. The molecule has 0 bridgehead atoms. The number of aryl methyl sites for hydroxylation is 1. The van der Waals surface area contributed by atoms with Crippen LogP contribution < -0.4 is 14.8 Å². The summed E-state index contributed by atoms with van der Waals surface area (Å²) < 4.78 is 12.2. The Morgan fingerprint density at radius 1 is 1.13 bits per heavy atom. The van der Waals surface area contributed by atoms with E-state index in [-0.39, 0.29) is 5.91 Å². The molecule has 7 heteroatoms. The Labute approximate surface area is 132 Å². The van der Waals surface area contributed by atoms with Crippen molar-refractivity contribution in [2.24, 2.45) is 0 Å². The van der Waals surface area contributed by atoms with E-state index in [4.69, 9.17) is 9.47 Å². The molecule has 0 radical (unpaired) electrons. The van der Waals surface area contributed by atoms with E-state index in [1.807, 2.05) is 6.92 Å². The number of amides is 1. The number of ether oxygens (including phenoxy) is 2. The van der Waals surface area contributed by atoms with E-state index in [1.54, 1.807) is 55.1 Å². The van der Waals surface area contributed by atoms with Crippen LogP contribution in [0.15, 0.2) is 36.5 Å². The minimum atomic E-state index is -0.258. The molecule has 0 spiro atoms. The highest BCUT2D eigenvalue weighted by Crippen LogP contribution is 2.29. The Bertz CT molecular complexity index is 873. The lowest BCUT2D eigenvalue weighted by Crippen LogP contribution is -2.13. The number of hydrogen-bond acceptors (Lipinski definition) is 5. The van der Waals surface area contributed by atoms with Gasteiger partial charge in [-0.05, 0) is 31.2 Å². The largest absolute Gasteiger partial charge is 0.497 e. The maximum atomic E-state index is 12.5. The maximum absolute atomic E-state index is 12.5. The molecule has 0 aliphatic heterocycles. The number of aromatic nitrogens is 3. The molecular formula is C16H16N4O3. The van der Waals surface area contributed by atoms with Crippen LogP contribution in [0, 0.1) is 6.92 Å². The molecule has 0 aliphatic rings. The Hall–Kier alpha value is -3.09. The predicted molar refractivity (Wildman–Crippen MR) is 85.2 cm³/mol. The van der Waals surface area contributed by atoms with Gasteiger partial charge in [0.25, 0.3) is 5.91 Å². The fourth-order valence-corrected chi connectivity index (χ4v) is 2.25. The van der Waals surface area contributed by atoms with Gasteiger partial charge in [-0.2, -0.15) is 0 Å². The highest BCUT2D eigenvalue weighted by Gasteiger charge is 2.12. The number of rotatable bonds is 4. The molecule has 1 N–H and O–H groups in total. The summed E-state index contributed by atoms with van der Waals surface area (Å²) in [5.74, 6) is 1.65. The molecule has 118 valence electrons. The Morgan fingerprint density at radius 2 is 1.96 bits per heavy atom. The van der Waals surface area contributed by atoms with Gasteiger partial charge in [0.2, 0.25) is 0 Å². The van der Waals surface area contributed by atoms with E-state index in [0.717, 1.165) is 0 Å². The molecule has 0 unspecified atom stereocenters. The lowest BCUT2D eigenvalue weighted by molar-refractivity contribution is 0.102. The van der Waals surface area contributed by atoms with E-state index in [1.165, 1.54) is 0 Å². The van der Waals surface area contributed by atoms with Crippen molar-refractivity contribution in [1.29, 1.82) is 0 Å². The van der Waals surface area contributed by atoms with Crippen molar-refractivity contribution >= 4 is 17.2 Å². The Morgan fingerprint density at radius 3 is 2.70 bits per heavy atom. The number of anilines is 1. The van der Waals surface area contributed by atoms with Crippen molar-refractivity contribution in [2.75, 3.05) is 19.5 Å². The van der Waals surface area contributed by atoms with Gasteiger partial charge in [0, 0.05) is 12.3 Å². The van der Waals surface area contributed by atoms with Crippen LogP contribution in [0.2, 0.25) is 0 Å². The van der Waals surface area contributed by atoms with Crippen molar-refractivity contribution in [3.05, 3.63) is 47.9 Å². The minimum Gasteiger partial charge on any atom is -0.497 e. The lowest BCUT2D eigenvalue weighted by atomic mass is 10.2. The standard InChI is InChI=1S/C16H16N4O3/c1-10-18-19-15-7-4-11(9-20(10)15)16(21)17-13-8-12(22-2)5-6-14(13)23-3/h4-9H,1-3H3,(H,17,21). The SMILES string of the molecule is COc1ccc(OC)c(NC(=O)c2ccc3nnc(C)n3c2)c1. The summed E-state index contributed by atoms with van der Waals surface area (Å²) in [4.78, 5) is 12.5. The van der Waals surface area contributed by atoms with Crippen LogP contribution in [-0.2, 0) is 0 Å². The van der Waals surface area contributed by atoms with Crippen molar-refractivity contribution in [3.63, 3.8) is 0 Å². The third kappa shape index (κ3) is 2.80. The second kappa shape index (κ2) is 5.96. The zero-order chi connectivity index (χ0) is 16.4. The fraction of sp³-hybridized carbons (Fsp3) is 0.188. The predicted octanol–water partition coefficient (Wildman–Crippen LogP) is 2.31. The first-order chi connectivity index (χ1) is 11.1. The summed E-state index contributed by atoms with van der Waals surface area (Å²) in [5, 5.41) is 10.8. The van der Waals surface area contributed by atoms with Gasteiger partial charge in [-0.25, -0.2) is 0 Å². The van der Waals surface area contributed by atoms with E-state index < -0.39 is 0 Å². The van der Waals surface area contributed by atoms with Crippen LogP contribution in [0.5, 0.6) is 11.5 Å². The van der Waals surface area contributed by atoms with Gasteiger partial charge in [-0.15, -0.1) is 10.2 Å². The normalized spacial score (nSPS) is 10.6. The van der Waals surface area contributed by atoms with Crippen LogP contribution in [0.1, 0.15) is 16.2 Å². The monoisotopic (exact) mass is 312 g/mol. The zero-order valence-electron chi connectivity index (χ0n) is 13.0. The summed E-state index contributed by atoms with van der Waals surface area (Å²) in [6.07, 6.45) is 1.70. The number of hydrogen-bond donors (Lipinski definition) is 1. The fourth-order valence-electron chi connectivity index (χ4n) is 2.25. The molecule has 2 aromatic heterocycles. The van der Waals surface area contributed by atoms with Crippen molar-refractivity contribution < 1.29 is 14.3 Å². The first-order valence-corrected chi connectivity index (χ1v) is 6.97. The lowest BCUT2D eigenvalue weighted by Gasteiger charge is -2.12. The molecule has 1 amide bonds. The number of nitrogens with one attached hydrogen (secondary N) is 1. The number of pyridine rings is 1. The number of nitrogens with zero attached hydrogens (tertiary/aromatic N) is 3. The quantitative estimate of drug-likeness (QED) is 0.800. The average Bonchev–Trinajstić information content (AvgIpc) is 2.95. The highest BCUT2D eigenvalue weighted by atomic mass is 16.5. The Balaban J connectivity index is 1.92. The highest BCUT2D eigenvalue weighted by molar-refractivity contribution is 6.05. The number of benzene rings is 1. The second-order valence-electron chi connectivity index (χ2n) is 4.91. The third-order valence-corrected chi connectivity index (χ3v) is 3.49. The first kappa shape index (κ1) is 14.8. The summed E-state index contributed by atoms with van der Waals surface area (Å²) in [6.45, 7) is 1.83. The summed E-state index contributed by atoms with van der Waals surface area (Å²) in [5.41, 5.74) is 1.72. The van der Waals surface area contributed by atoms with Crippen molar-refractivity contribution in [2.45, 2.75) is 6.92 Å². The first-order valence-electron chi connectivity index (χ1n) is 6.97. The molecule has 0 fully saturated rings. The van der Waals surface area contributed by atoms with E-state index in [9.17, 15) is 4.79 Å². The van der Waals surface area contributed by atoms with E-state index in [2.05, 4.69) is 15.5 Å². The number of carbonyl (C=O) groups excluding carboxylic acids is 1. The molecule has 0 saturated carbocycles. The van der Waals surface area contributed by atoms with Gasteiger partial charge < -0.3 is 14.8 Å². The van der Waals surface area contributed by atoms with E-state index in [0.29, 0.717) is 34.2 Å². The maximum Gasteiger partial charge on any atom is 0.257 e.